The van der Waals surface area contributed by atoms with Crippen molar-refractivity contribution < 1.29 is 4.79 Å². The standard InChI is InChI=1S/C22H24N4O/c1-22(2)13-19(25-21(27)24-16-9-5-3-6-10-16)18-15-23-26(20(18)14-22)17-11-7-4-8-12-17/h3-12,15,19H,13-14H2,1-2H3,(H2,24,25,27). The molecule has 0 spiro atoms. The van der Waals surface area contributed by atoms with Crippen molar-refractivity contribution in [2.24, 2.45) is 5.41 Å². The van der Waals surface area contributed by atoms with Gasteiger partial charge in [-0.1, -0.05) is 50.2 Å². The predicted molar refractivity (Wildman–Crippen MR) is 107 cm³/mol. The van der Waals surface area contributed by atoms with Crippen LogP contribution < -0.4 is 10.6 Å². The van der Waals surface area contributed by atoms with Crippen LogP contribution in [0.3, 0.4) is 0 Å². The first kappa shape index (κ1) is 17.3. The molecule has 5 heteroatoms. The van der Waals surface area contributed by atoms with Gasteiger partial charge in [0.25, 0.3) is 0 Å². The number of rotatable bonds is 3. The van der Waals surface area contributed by atoms with Crippen LogP contribution >= 0.6 is 0 Å². The number of hydrogen-bond donors (Lipinski definition) is 2. The number of urea groups is 1. The molecule has 1 aliphatic carbocycles. The summed E-state index contributed by atoms with van der Waals surface area (Å²) >= 11 is 0. The molecule has 1 atom stereocenters. The number of aromatic nitrogens is 2. The Bertz CT molecular complexity index is 931. The van der Waals surface area contributed by atoms with Crippen LogP contribution in [0.25, 0.3) is 5.69 Å². The normalized spacial score (nSPS) is 17.8. The largest absolute Gasteiger partial charge is 0.331 e. The highest BCUT2D eigenvalue weighted by Gasteiger charge is 2.36. The third-order valence-corrected chi connectivity index (χ3v) is 5.02. The molecule has 1 heterocycles. The van der Waals surface area contributed by atoms with Crippen molar-refractivity contribution in [2.45, 2.75) is 32.7 Å². The van der Waals surface area contributed by atoms with E-state index >= 15 is 0 Å². The number of fused-ring (bicyclic) bond motifs is 1. The Morgan fingerprint density at radius 1 is 1.07 bits per heavy atom. The average Bonchev–Trinajstić information content (AvgIpc) is 3.06. The second-order valence-corrected chi connectivity index (χ2v) is 7.86. The van der Waals surface area contributed by atoms with Crippen LogP contribution in [0.1, 0.15) is 37.6 Å². The predicted octanol–water partition coefficient (Wildman–Crippen LogP) is 4.71. The third kappa shape index (κ3) is 3.72. The monoisotopic (exact) mass is 360 g/mol. The van der Waals surface area contributed by atoms with Gasteiger partial charge in [-0.15, -0.1) is 0 Å². The van der Waals surface area contributed by atoms with Crippen LogP contribution in [0.15, 0.2) is 66.9 Å². The second-order valence-electron chi connectivity index (χ2n) is 7.86. The average molecular weight is 360 g/mol. The van der Waals surface area contributed by atoms with Gasteiger partial charge in [-0.2, -0.15) is 5.10 Å². The van der Waals surface area contributed by atoms with Gasteiger partial charge < -0.3 is 10.6 Å². The molecule has 0 saturated heterocycles. The first-order valence-corrected chi connectivity index (χ1v) is 9.27. The highest BCUT2D eigenvalue weighted by atomic mass is 16.2. The Balaban J connectivity index is 1.60. The smallest absolute Gasteiger partial charge is 0.319 e. The number of nitrogens with one attached hydrogen (secondary N) is 2. The molecule has 3 aromatic rings. The van der Waals surface area contributed by atoms with Crippen molar-refractivity contribution in [3.8, 4) is 5.69 Å². The Labute approximate surface area is 159 Å². The van der Waals surface area contributed by atoms with E-state index in [9.17, 15) is 4.79 Å². The SMILES string of the molecule is CC1(C)Cc2c(cnn2-c2ccccc2)C(NC(=O)Nc2ccccc2)C1. The zero-order valence-electron chi connectivity index (χ0n) is 15.6. The van der Waals surface area contributed by atoms with Crippen LogP contribution in [-0.2, 0) is 6.42 Å². The summed E-state index contributed by atoms with van der Waals surface area (Å²) in [6.07, 6.45) is 3.70. The summed E-state index contributed by atoms with van der Waals surface area (Å²) in [4.78, 5) is 12.5. The topological polar surface area (TPSA) is 59.0 Å². The molecule has 4 rings (SSSR count). The lowest BCUT2D eigenvalue weighted by molar-refractivity contribution is 0.230. The maximum atomic E-state index is 12.5. The lowest BCUT2D eigenvalue weighted by atomic mass is 9.74. The highest BCUT2D eigenvalue weighted by molar-refractivity contribution is 5.89. The zero-order chi connectivity index (χ0) is 18.9. The fraction of sp³-hybridized carbons (Fsp3) is 0.273. The lowest BCUT2D eigenvalue weighted by Crippen LogP contribution is -2.38. The van der Waals surface area contributed by atoms with E-state index in [2.05, 4.69) is 41.7 Å². The molecule has 1 unspecified atom stereocenters. The van der Waals surface area contributed by atoms with Gasteiger partial charge in [0.1, 0.15) is 0 Å². The molecule has 1 aliphatic rings. The summed E-state index contributed by atoms with van der Waals surface area (Å²) in [6, 6.07) is 19.4. The summed E-state index contributed by atoms with van der Waals surface area (Å²) in [7, 11) is 0. The molecule has 27 heavy (non-hydrogen) atoms. The number of para-hydroxylation sites is 2. The van der Waals surface area contributed by atoms with Crippen LogP contribution in [0.5, 0.6) is 0 Å². The summed E-state index contributed by atoms with van der Waals surface area (Å²) in [5.41, 5.74) is 4.17. The lowest BCUT2D eigenvalue weighted by Gasteiger charge is -2.36. The third-order valence-electron chi connectivity index (χ3n) is 5.02. The minimum Gasteiger partial charge on any atom is -0.331 e. The molecule has 2 amide bonds. The molecule has 0 saturated carbocycles. The molecule has 0 aliphatic heterocycles. The summed E-state index contributed by atoms with van der Waals surface area (Å²) in [6.45, 7) is 4.48. The molecule has 0 radical (unpaired) electrons. The van der Waals surface area contributed by atoms with Crippen LogP contribution in [0.2, 0.25) is 0 Å². The minimum atomic E-state index is -0.192. The number of amides is 2. The maximum absolute atomic E-state index is 12.5. The first-order valence-electron chi connectivity index (χ1n) is 9.27. The summed E-state index contributed by atoms with van der Waals surface area (Å²) in [5, 5.41) is 10.7. The Kier molecular flexibility index (Phi) is 4.44. The van der Waals surface area contributed by atoms with Crippen molar-refractivity contribution >= 4 is 11.7 Å². The van der Waals surface area contributed by atoms with Crippen molar-refractivity contribution in [1.29, 1.82) is 0 Å². The molecule has 0 bridgehead atoms. The van der Waals surface area contributed by atoms with E-state index in [1.165, 1.54) is 5.69 Å². The molecule has 2 aromatic carbocycles. The van der Waals surface area contributed by atoms with E-state index in [-0.39, 0.29) is 17.5 Å². The summed E-state index contributed by atoms with van der Waals surface area (Å²) in [5.74, 6) is 0. The van der Waals surface area contributed by atoms with E-state index in [0.717, 1.165) is 29.8 Å². The Morgan fingerprint density at radius 2 is 1.74 bits per heavy atom. The van der Waals surface area contributed by atoms with Gasteiger partial charge in [-0.05, 0) is 42.5 Å². The number of anilines is 1. The van der Waals surface area contributed by atoms with Crippen LogP contribution in [0, 0.1) is 5.41 Å². The number of nitrogens with zero attached hydrogens (tertiary/aromatic N) is 2. The van der Waals surface area contributed by atoms with Gasteiger partial charge in [0, 0.05) is 11.3 Å². The molecular formula is C22H24N4O. The first-order chi connectivity index (χ1) is 13.0. The van der Waals surface area contributed by atoms with E-state index < -0.39 is 0 Å². The number of carbonyl (C=O) groups is 1. The summed E-state index contributed by atoms with van der Waals surface area (Å²) < 4.78 is 2.00. The van der Waals surface area contributed by atoms with Crippen LogP contribution in [-0.4, -0.2) is 15.8 Å². The number of carbonyl (C=O) groups excluding carboxylic acids is 1. The van der Waals surface area contributed by atoms with Gasteiger partial charge in [0.05, 0.1) is 23.6 Å². The molecule has 138 valence electrons. The van der Waals surface area contributed by atoms with E-state index in [0.29, 0.717) is 0 Å². The second kappa shape index (κ2) is 6.91. The zero-order valence-corrected chi connectivity index (χ0v) is 15.6. The van der Waals surface area contributed by atoms with Gasteiger partial charge in [-0.3, -0.25) is 0 Å². The van der Waals surface area contributed by atoms with Gasteiger partial charge in [0.15, 0.2) is 0 Å². The minimum absolute atomic E-state index is 0.0649. The molecule has 5 nitrogen and oxygen atoms in total. The van der Waals surface area contributed by atoms with Crippen LogP contribution in [0.4, 0.5) is 10.5 Å². The molecule has 0 fully saturated rings. The van der Waals surface area contributed by atoms with E-state index in [1.54, 1.807) is 0 Å². The Hall–Kier alpha value is -3.08. The number of hydrogen-bond acceptors (Lipinski definition) is 2. The fourth-order valence-corrected chi connectivity index (χ4v) is 3.81. The molecular weight excluding hydrogens is 336 g/mol. The van der Waals surface area contributed by atoms with E-state index in [4.69, 9.17) is 0 Å². The maximum Gasteiger partial charge on any atom is 0.319 e. The van der Waals surface area contributed by atoms with Crippen molar-refractivity contribution in [3.05, 3.63) is 78.1 Å². The number of benzene rings is 2. The van der Waals surface area contributed by atoms with Crippen molar-refractivity contribution in [1.82, 2.24) is 15.1 Å². The molecule has 2 N–H and O–H groups in total. The van der Waals surface area contributed by atoms with Gasteiger partial charge in [-0.25, -0.2) is 9.48 Å². The Morgan fingerprint density at radius 3 is 2.44 bits per heavy atom. The fourth-order valence-electron chi connectivity index (χ4n) is 3.81. The van der Waals surface area contributed by atoms with Crippen molar-refractivity contribution in [3.63, 3.8) is 0 Å². The highest BCUT2D eigenvalue weighted by Crippen LogP contribution is 2.41. The molecule has 1 aromatic heterocycles. The van der Waals surface area contributed by atoms with Crippen molar-refractivity contribution in [2.75, 3.05) is 5.32 Å². The van der Waals surface area contributed by atoms with Gasteiger partial charge in [0.2, 0.25) is 0 Å². The van der Waals surface area contributed by atoms with Gasteiger partial charge >= 0.3 is 6.03 Å². The quantitative estimate of drug-likeness (QED) is 0.711. The van der Waals surface area contributed by atoms with E-state index in [1.807, 2.05) is 59.4 Å².